The second kappa shape index (κ2) is 7.34. The molecule has 1 heterocycles. The molecular weight excluding hydrogens is 300 g/mol. The van der Waals surface area contributed by atoms with Gasteiger partial charge in [0.05, 0.1) is 18.8 Å². The Labute approximate surface area is 137 Å². The summed E-state index contributed by atoms with van der Waals surface area (Å²) in [6.45, 7) is 8.37. The highest BCUT2D eigenvalue weighted by Gasteiger charge is 2.29. The normalized spacial score (nSPS) is 23.9. The van der Waals surface area contributed by atoms with Gasteiger partial charge in [0.25, 0.3) is 0 Å². The lowest BCUT2D eigenvalue weighted by atomic mass is 9.91. The van der Waals surface area contributed by atoms with Gasteiger partial charge in [0, 0.05) is 18.1 Å². The van der Waals surface area contributed by atoms with E-state index in [4.69, 9.17) is 16.3 Å². The fourth-order valence-electron chi connectivity index (χ4n) is 3.21. The van der Waals surface area contributed by atoms with Gasteiger partial charge in [0.15, 0.2) is 0 Å². The van der Waals surface area contributed by atoms with Crippen LogP contribution in [0.4, 0.5) is 5.69 Å². The molecule has 1 saturated heterocycles. The quantitative estimate of drug-likeness (QED) is 0.919. The average molecular weight is 325 g/mol. The SMILES string of the molecule is COc1ccc(Cl)cc1NC(=O)[C@H](C)N1C[C@H](C)C[C@H](C)C1. The van der Waals surface area contributed by atoms with Crippen molar-refractivity contribution in [3.8, 4) is 5.75 Å². The predicted octanol–water partition coefficient (Wildman–Crippen LogP) is 3.65. The maximum absolute atomic E-state index is 12.6. The number of carbonyl (C=O) groups is 1. The van der Waals surface area contributed by atoms with Crippen molar-refractivity contribution in [2.75, 3.05) is 25.5 Å². The lowest BCUT2D eigenvalue weighted by Crippen LogP contribution is -2.48. The first kappa shape index (κ1) is 17.1. The summed E-state index contributed by atoms with van der Waals surface area (Å²) in [7, 11) is 1.58. The van der Waals surface area contributed by atoms with Crippen LogP contribution >= 0.6 is 11.6 Å². The highest BCUT2D eigenvalue weighted by Crippen LogP contribution is 2.28. The van der Waals surface area contributed by atoms with Crippen LogP contribution in [0.3, 0.4) is 0 Å². The van der Waals surface area contributed by atoms with Crippen molar-refractivity contribution < 1.29 is 9.53 Å². The first-order valence-corrected chi connectivity index (χ1v) is 8.17. The van der Waals surface area contributed by atoms with Crippen molar-refractivity contribution in [2.24, 2.45) is 11.8 Å². The molecule has 3 atom stereocenters. The summed E-state index contributed by atoms with van der Waals surface area (Å²) in [6.07, 6.45) is 1.23. The van der Waals surface area contributed by atoms with Gasteiger partial charge in [-0.15, -0.1) is 0 Å². The van der Waals surface area contributed by atoms with Crippen LogP contribution < -0.4 is 10.1 Å². The minimum atomic E-state index is -0.172. The van der Waals surface area contributed by atoms with Gasteiger partial charge in [-0.25, -0.2) is 0 Å². The largest absolute Gasteiger partial charge is 0.495 e. The molecule has 0 radical (unpaired) electrons. The highest BCUT2D eigenvalue weighted by atomic mass is 35.5. The van der Waals surface area contributed by atoms with Crippen molar-refractivity contribution in [2.45, 2.75) is 33.2 Å². The van der Waals surface area contributed by atoms with Crippen LogP contribution in [0, 0.1) is 11.8 Å². The molecule has 2 rings (SSSR count). The summed E-state index contributed by atoms with van der Waals surface area (Å²) in [5.74, 6) is 1.84. The topological polar surface area (TPSA) is 41.6 Å². The smallest absolute Gasteiger partial charge is 0.241 e. The summed E-state index contributed by atoms with van der Waals surface area (Å²) < 4.78 is 5.27. The number of ether oxygens (including phenoxy) is 1. The summed E-state index contributed by atoms with van der Waals surface area (Å²) in [5, 5.41) is 3.51. The monoisotopic (exact) mass is 324 g/mol. The molecule has 1 fully saturated rings. The van der Waals surface area contributed by atoms with Gasteiger partial charge < -0.3 is 10.1 Å². The molecule has 4 nitrogen and oxygen atoms in total. The molecular formula is C17H25ClN2O2. The molecule has 122 valence electrons. The van der Waals surface area contributed by atoms with Crippen LogP contribution in [0.5, 0.6) is 5.75 Å². The predicted molar refractivity (Wildman–Crippen MR) is 90.6 cm³/mol. The number of amides is 1. The Hall–Kier alpha value is -1.26. The van der Waals surface area contributed by atoms with Gasteiger partial charge in [0.1, 0.15) is 5.75 Å². The van der Waals surface area contributed by atoms with Gasteiger partial charge >= 0.3 is 0 Å². The average Bonchev–Trinajstić information content (AvgIpc) is 2.45. The fraction of sp³-hybridized carbons (Fsp3) is 0.588. The highest BCUT2D eigenvalue weighted by molar-refractivity contribution is 6.31. The van der Waals surface area contributed by atoms with Crippen molar-refractivity contribution in [3.63, 3.8) is 0 Å². The van der Waals surface area contributed by atoms with Crippen molar-refractivity contribution in [1.82, 2.24) is 4.90 Å². The Bertz CT molecular complexity index is 525. The summed E-state index contributed by atoms with van der Waals surface area (Å²) in [4.78, 5) is 14.8. The van der Waals surface area contributed by atoms with Crippen LogP contribution in [0.1, 0.15) is 27.2 Å². The lowest BCUT2D eigenvalue weighted by molar-refractivity contribution is -0.121. The molecule has 0 aromatic heterocycles. The third-order valence-corrected chi connectivity index (χ3v) is 4.48. The standard InChI is InChI=1S/C17H25ClN2O2/c1-11-7-12(2)10-20(9-11)13(3)17(21)19-15-8-14(18)5-6-16(15)22-4/h5-6,8,11-13H,7,9-10H2,1-4H3,(H,19,21)/t11-,12+,13-/m0/s1. The Balaban J connectivity index is 2.07. The Morgan fingerprint density at radius 3 is 2.59 bits per heavy atom. The molecule has 5 heteroatoms. The van der Waals surface area contributed by atoms with Gasteiger partial charge in [-0.3, -0.25) is 9.69 Å². The zero-order chi connectivity index (χ0) is 16.3. The Kier molecular flexibility index (Phi) is 5.70. The van der Waals surface area contributed by atoms with E-state index < -0.39 is 0 Å². The summed E-state index contributed by atoms with van der Waals surface area (Å²) >= 11 is 6.01. The van der Waals surface area contributed by atoms with E-state index in [9.17, 15) is 4.79 Å². The van der Waals surface area contributed by atoms with Gasteiger partial charge in [-0.05, 0) is 43.4 Å². The number of likely N-dealkylation sites (tertiary alicyclic amines) is 1. The summed E-state index contributed by atoms with van der Waals surface area (Å²) in [6, 6.07) is 5.04. The van der Waals surface area contributed by atoms with Crippen LogP contribution in [-0.4, -0.2) is 37.0 Å². The van der Waals surface area contributed by atoms with Crippen molar-refractivity contribution in [3.05, 3.63) is 23.2 Å². The van der Waals surface area contributed by atoms with Gasteiger partial charge in [0.2, 0.25) is 5.91 Å². The second-order valence-corrected chi connectivity index (χ2v) is 6.85. The van der Waals surface area contributed by atoms with E-state index in [0.717, 1.165) is 13.1 Å². The third-order valence-electron chi connectivity index (χ3n) is 4.24. The molecule has 1 aromatic carbocycles. The van der Waals surface area contributed by atoms with Crippen LogP contribution in [0.2, 0.25) is 5.02 Å². The van der Waals surface area contributed by atoms with E-state index in [-0.39, 0.29) is 11.9 Å². The number of halogens is 1. The number of nitrogens with one attached hydrogen (secondary N) is 1. The first-order valence-electron chi connectivity index (χ1n) is 7.79. The molecule has 1 aromatic rings. The van der Waals surface area contributed by atoms with Crippen molar-refractivity contribution >= 4 is 23.2 Å². The number of hydrogen-bond donors (Lipinski definition) is 1. The van der Waals surface area contributed by atoms with E-state index in [2.05, 4.69) is 24.1 Å². The van der Waals surface area contributed by atoms with Crippen molar-refractivity contribution in [1.29, 1.82) is 0 Å². The minimum Gasteiger partial charge on any atom is -0.495 e. The molecule has 0 saturated carbocycles. The van der Waals surface area contributed by atoms with Crippen LogP contribution in [0.25, 0.3) is 0 Å². The maximum Gasteiger partial charge on any atom is 0.241 e. The molecule has 1 amide bonds. The zero-order valence-corrected chi connectivity index (χ0v) is 14.5. The lowest BCUT2D eigenvalue weighted by Gasteiger charge is -2.38. The van der Waals surface area contributed by atoms with Gasteiger partial charge in [-0.1, -0.05) is 25.4 Å². The minimum absolute atomic E-state index is 0.0260. The van der Waals surface area contributed by atoms with E-state index in [1.807, 2.05) is 6.92 Å². The molecule has 0 aliphatic carbocycles. The van der Waals surface area contributed by atoms with Gasteiger partial charge in [-0.2, -0.15) is 0 Å². The zero-order valence-electron chi connectivity index (χ0n) is 13.7. The number of nitrogens with zero attached hydrogens (tertiary/aromatic N) is 1. The maximum atomic E-state index is 12.6. The Morgan fingerprint density at radius 2 is 2.00 bits per heavy atom. The number of anilines is 1. The van der Waals surface area contributed by atoms with Crippen LogP contribution in [-0.2, 0) is 4.79 Å². The number of rotatable bonds is 4. The molecule has 0 unspecified atom stereocenters. The first-order chi connectivity index (χ1) is 10.4. The molecule has 22 heavy (non-hydrogen) atoms. The summed E-state index contributed by atoms with van der Waals surface area (Å²) in [5.41, 5.74) is 0.616. The van der Waals surface area contributed by atoms with E-state index in [1.54, 1.807) is 25.3 Å². The molecule has 1 aliphatic rings. The molecule has 0 bridgehead atoms. The van der Waals surface area contributed by atoms with Crippen LogP contribution in [0.15, 0.2) is 18.2 Å². The number of benzene rings is 1. The molecule has 1 aliphatic heterocycles. The second-order valence-electron chi connectivity index (χ2n) is 6.41. The van der Waals surface area contributed by atoms with E-state index in [0.29, 0.717) is 28.3 Å². The number of carbonyl (C=O) groups excluding carboxylic acids is 1. The van der Waals surface area contributed by atoms with E-state index >= 15 is 0 Å². The Morgan fingerprint density at radius 1 is 1.36 bits per heavy atom. The molecule has 1 N–H and O–H groups in total. The number of methoxy groups -OCH3 is 1. The van der Waals surface area contributed by atoms with E-state index in [1.165, 1.54) is 6.42 Å². The number of piperidine rings is 1. The number of hydrogen-bond acceptors (Lipinski definition) is 3. The third kappa shape index (κ3) is 4.14. The fourth-order valence-corrected chi connectivity index (χ4v) is 3.38. The molecule has 0 spiro atoms.